The normalized spacial score (nSPS) is 19.0. The van der Waals surface area contributed by atoms with Crippen LogP contribution in [0.4, 0.5) is 0 Å². The lowest BCUT2D eigenvalue weighted by atomic mass is 10.0. The number of hydrogen-bond acceptors (Lipinski definition) is 3. The third-order valence-electron chi connectivity index (χ3n) is 5.37. The van der Waals surface area contributed by atoms with Crippen LogP contribution in [0, 0.1) is 0 Å². The number of nitrogens with zero attached hydrogens (tertiary/aromatic N) is 2. The predicted molar refractivity (Wildman–Crippen MR) is 103 cm³/mol. The first-order valence-electron chi connectivity index (χ1n) is 9.70. The van der Waals surface area contributed by atoms with Crippen molar-refractivity contribution in [2.45, 2.75) is 44.6 Å². The van der Waals surface area contributed by atoms with Crippen molar-refractivity contribution in [3.63, 3.8) is 0 Å². The van der Waals surface area contributed by atoms with Gasteiger partial charge in [0, 0.05) is 42.8 Å². The van der Waals surface area contributed by atoms with Gasteiger partial charge in [-0.05, 0) is 31.0 Å². The molecular formula is C20H28ClN3O2. The summed E-state index contributed by atoms with van der Waals surface area (Å²) in [6, 6.07) is 7.17. The molecule has 5 nitrogen and oxygen atoms in total. The Morgan fingerprint density at radius 1 is 1.12 bits per heavy atom. The maximum Gasteiger partial charge on any atom is 0.254 e. The zero-order chi connectivity index (χ0) is 18.4. The molecule has 3 rings (SSSR count). The highest BCUT2D eigenvalue weighted by molar-refractivity contribution is 6.31. The fraction of sp³-hybridized carbons (Fsp3) is 0.600. The number of benzene rings is 1. The van der Waals surface area contributed by atoms with E-state index in [-0.39, 0.29) is 24.4 Å². The smallest absolute Gasteiger partial charge is 0.254 e. The highest BCUT2D eigenvalue weighted by atomic mass is 35.5. The second kappa shape index (κ2) is 9.38. The van der Waals surface area contributed by atoms with Crippen molar-refractivity contribution in [3.05, 3.63) is 34.9 Å². The zero-order valence-corrected chi connectivity index (χ0v) is 16.0. The van der Waals surface area contributed by atoms with Crippen molar-refractivity contribution in [3.8, 4) is 0 Å². The molecule has 0 bridgehead atoms. The van der Waals surface area contributed by atoms with Gasteiger partial charge in [0.1, 0.15) is 6.54 Å². The summed E-state index contributed by atoms with van der Waals surface area (Å²) in [5.41, 5.74) is 0.565. The van der Waals surface area contributed by atoms with E-state index >= 15 is 0 Å². The molecule has 1 aromatic rings. The highest BCUT2D eigenvalue weighted by Gasteiger charge is 2.29. The summed E-state index contributed by atoms with van der Waals surface area (Å²) in [4.78, 5) is 29.7. The van der Waals surface area contributed by atoms with Crippen LogP contribution in [-0.2, 0) is 4.79 Å². The number of rotatable bonds is 4. The van der Waals surface area contributed by atoms with E-state index in [0.717, 1.165) is 38.8 Å². The monoisotopic (exact) mass is 377 g/mol. The third kappa shape index (κ3) is 4.98. The quantitative estimate of drug-likeness (QED) is 0.821. The van der Waals surface area contributed by atoms with E-state index in [1.807, 2.05) is 4.90 Å². The van der Waals surface area contributed by atoms with Crippen LogP contribution >= 0.6 is 11.6 Å². The molecule has 0 aromatic heterocycles. The molecule has 0 radical (unpaired) electrons. The summed E-state index contributed by atoms with van der Waals surface area (Å²) in [5.74, 6) is -0.0333. The Balaban J connectivity index is 1.78. The Morgan fingerprint density at radius 2 is 1.81 bits per heavy atom. The van der Waals surface area contributed by atoms with Gasteiger partial charge in [-0.15, -0.1) is 0 Å². The number of nitrogens with one attached hydrogen (secondary N) is 1. The molecule has 1 aliphatic heterocycles. The van der Waals surface area contributed by atoms with Crippen molar-refractivity contribution in [1.29, 1.82) is 0 Å². The van der Waals surface area contributed by atoms with Crippen LogP contribution in [0.3, 0.4) is 0 Å². The maximum absolute atomic E-state index is 13.2. The number of carbonyl (C=O) groups is 2. The minimum atomic E-state index is -0.0807. The van der Waals surface area contributed by atoms with Crippen LogP contribution in [0.15, 0.2) is 24.3 Å². The zero-order valence-electron chi connectivity index (χ0n) is 15.3. The van der Waals surface area contributed by atoms with Crippen LogP contribution in [-0.4, -0.2) is 60.4 Å². The second-order valence-electron chi connectivity index (χ2n) is 7.22. The largest absolute Gasteiger partial charge is 0.339 e. The first kappa shape index (κ1) is 19.2. The molecule has 26 heavy (non-hydrogen) atoms. The number of piperazine rings is 1. The van der Waals surface area contributed by atoms with Crippen LogP contribution in [0.1, 0.15) is 48.9 Å². The van der Waals surface area contributed by atoms with Crippen LogP contribution in [0.2, 0.25) is 5.02 Å². The van der Waals surface area contributed by atoms with Gasteiger partial charge in [0.25, 0.3) is 5.91 Å². The number of amides is 2. The molecule has 0 unspecified atom stereocenters. The average molecular weight is 378 g/mol. The predicted octanol–water partition coefficient (Wildman–Crippen LogP) is 2.94. The standard InChI is InChI=1S/C20H28ClN3O2/c21-17-7-5-6-16(14-17)20(26)24(18-8-3-1-2-4-9-18)15-19(25)23-12-10-22-11-13-23/h5-7,14,18,22H,1-4,8-13,15H2. The SMILES string of the molecule is O=C(CN(C(=O)c1cccc(Cl)c1)C1CCCCCC1)N1CCNCC1. The summed E-state index contributed by atoms with van der Waals surface area (Å²) >= 11 is 6.08. The van der Waals surface area contributed by atoms with Gasteiger partial charge >= 0.3 is 0 Å². The van der Waals surface area contributed by atoms with Crippen LogP contribution < -0.4 is 5.32 Å². The fourth-order valence-electron chi connectivity index (χ4n) is 3.88. The van der Waals surface area contributed by atoms with Crippen molar-refractivity contribution in [2.75, 3.05) is 32.7 Å². The van der Waals surface area contributed by atoms with E-state index in [1.165, 1.54) is 12.8 Å². The Kier molecular flexibility index (Phi) is 6.92. The minimum absolute atomic E-state index is 0.0473. The summed E-state index contributed by atoms with van der Waals surface area (Å²) in [6.07, 6.45) is 6.60. The molecule has 2 fully saturated rings. The summed E-state index contributed by atoms with van der Waals surface area (Å²) < 4.78 is 0. The van der Waals surface area contributed by atoms with Gasteiger partial charge < -0.3 is 15.1 Å². The van der Waals surface area contributed by atoms with E-state index in [0.29, 0.717) is 23.7 Å². The van der Waals surface area contributed by atoms with Gasteiger partial charge in [-0.3, -0.25) is 9.59 Å². The lowest BCUT2D eigenvalue weighted by molar-refractivity contribution is -0.133. The Labute approximate surface area is 160 Å². The van der Waals surface area contributed by atoms with Gasteiger partial charge in [-0.25, -0.2) is 0 Å². The van der Waals surface area contributed by atoms with E-state index < -0.39 is 0 Å². The second-order valence-corrected chi connectivity index (χ2v) is 7.66. The Hall–Kier alpha value is -1.59. The first-order chi connectivity index (χ1) is 12.6. The molecule has 6 heteroatoms. The molecule has 0 atom stereocenters. The molecule has 1 N–H and O–H groups in total. The van der Waals surface area contributed by atoms with E-state index in [2.05, 4.69) is 5.32 Å². The van der Waals surface area contributed by atoms with E-state index in [1.54, 1.807) is 29.2 Å². The fourth-order valence-corrected chi connectivity index (χ4v) is 4.07. The van der Waals surface area contributed by atoms with E-state index in [9.17, 15) is 9.59 Å². The van der Waals surface area contributed by atoms with Gasteiger partial charge in [0.2, 0.25) is 5.91 Å². The summed E-state index contributed by atoms with van der Waals surface area (Å²) in [5, 5.41) is 3.81. The Morgan fingerprint density at radius 3 is 2.46 bits per heavy atom. The summed E-state index contributed by atoms with van der Waals surface area (Å²) in [6.45, 7) is 3.22. The van der Waals surface area contributed by atoms with Crippen molar-refractivity contribution < 1.29 is 9.59 Å². The molecule has 1 saturated carbocycles. The van der Waals surface area contributed by atoms with Crippen LogP contribution in [0.25, 0.3) is 0 Å². The molecule has 1 aliphatic carbocycles. The number of halogens is 1. The molecular weight excluding hydrogens is 350 g/mol. The number of hydrogen-bond donors (Lipinski definition) is 1. The molecule has 142 valence electrons. The first-order valence-corrected chi connectivity index (χ1v) is 10.1. The van der Waals surface area contributed by atoms with Crippen molar-refractivity contribution in [2.24, 2.45) is 0 Å². The topological polar surface area (TPSA) is 52.7 Å². The minimum Gasteiger partial charge on any atom is -0.339 e. The van der Waals surface area contributed by atoms with Crippen molar-refractivity contribution >= 4 is 23.4 Å². The van der Waals surface area contributed by atoms with E-state index in [4.69, 9.17) is 11.6 Å². The molecule has 1 heterocycles. The highest BCUT2D eigenvalue weighted by Crippen LogP contribution is 2.24. The molecule has 2 aliphatic rings. The molecule has 2 amide bonds. The lowest BCUT2D eigenvalue weighted by Crippen LogP contribution is -2.52. The van der Waals surface area contributed by atoms with Gasteiger partial charge in [0.15, 0.2) is 0 Å². The molecule has 1 aromatic carbocycles. The van der Waals surface area contributed by atoms with Crippen LogP contribution in [0.5, 0.6) is 0 Å². The summed E-state index contributed by atoms with van der Waals surface area (Å²) in [7, 11) is 0. The Bertz CT molecular complexity index is 623. The van der Waals surface area contributed by atoms with Gasteiger partial charge in [-0.1, -0.05) is 43.4 Å². The third-order valence-corrected chi connectivity index (χ3v) is 5.61. The molecule has 1 saturated heterocycles. The van der Waals surface area contributed by atoms with Crippen molar-refractivity contribution in [1.82, 2.24) is 15.1 Å². The average Bonchev–Trinajstić information content (AvgIpc) is 2.95. The van der Waals surface area contributed by atoms with Gasteiger partial charge in [-0.2, -0.15) is 0 Å². The number of carbonyl (C=O) groups excluding carboxylic acids is 2. The lowest BCUT2D eigenvalue weighted by Gasteiger charge is -2.34. The maximum atomic E-state index is 13.2. The van der Waals surface area contributed by atoms with Gasteiger partial charge in [0.05, 0.1) is 0 Å². The molecule has 0 spiro atoms.